The van der Waals surface area contributed by atoms with E-state index in [0.717, 1.165) is 65.5 Å². The van der Waals surface area contributed by atoms with E-state index in [0.29, 0.717) is 5.82 Å². The maximum atomic E-state index is 5.10. The van der Waals surface area contributed by atoms with Crippen LogP contribution in [0.5, 0.6) is 0 Å². The summed E-state index contributed by atoms with van der Waals surface area (Å²) in [6.07, 6.45) is 11.8. The average molecular weight is 434 g/mol. The SMILES string of the molecule is C1=CC(c2cncc3nc(-c4ccnc(Nc5ccccc5)c4)nc(N4CCNCC4)c23)=C1. The van der Waals surface area contributed by atoms with Crippen molar-refractivity contribution in [1.29, 1.82) is 0 Å². The van der Waals surface area contributed by atoms with Gasteiger partial charge in [-0.15, -0.1) is 0 Å². The van der Waals surface area contributed by atoms with Crippen molar-refractivity contribution in [2.45, 2.75) is 0 Å². The second-order valence-corrected chi connectivity index (χ2v) is 8.09. The topological polar surface area (TPSA) is 78.9 Å². The van der Waals surface area contributed by atoms with Gasteiger partial charge in [-0.1, -0.05) is 36.4 Å². The maximum Gasteiger partial charge on any atom is 0.162 e. The van der Waals surface area contributed by atoms with Crippen molar-refractivity contribution in [3.05, 3.63) is 84.8 Å². The third-order valence-electron chi connectivity index (χ3n) is 5.93. The van der Waals surface area contributed by atoms with Gasteiger partial charge in [-0.2, -0.15) is 0 Å². The first-order chi connectivity index (χ1) is 16.3. The summed E-state index contributed by atoms with van der Waals surface area (Å²) in [5, 5.41) is 7.85. The van der Waals surface area contributed by atoms with E-state index >= 15 is 0 Å². The Morgan fingerprint density at radius 1 is 0.970 bits per heavy atom. The summed E-state index contributed by atoms with van der Waals surface area (Å²) in [7, 11) is 0. The Kier molecular flexibility index (Phi) is 5.01. The van der Waals surface area contributed by atoms with Crippen LogP contribution in [0.3, 0.4) is 0 Å². The van der Waals surface area contributed by atoms with Crippen molar-refractivity contribution >= 4 is 33.8 Å². The molecule has 7 nitrogen and oxygen atoms in total. The van der Waals surface area contributed by atoms with Crippen LogP contribution >= 0.6 is 0 Å². The summed E-state index contributed by atoms with van der Waals surface area (Å²) in [5.74, 6) is 2.39. The summed E-state index contributed by atoms with van der Waals surface area (Å²) < 4.78 is 0. The van der Waals surface area contributed by atoms with Crippen molar-refractivity contribution < 1.29 is 0 Å². The Morgan fingerprint density at radius 3 is 2.61 bits per heavy atom. The summed E-state index contributed by atoms with van der Waals surface area (Å²) in [5.41, 5.74) is 4.99. The van der Waals surface area contributed by atoms with Crippen molar-refractivity contribution in [2.75, 3.05) is 36.4 Å². The van der Waals surface area contributed by atoms with E-state index in [2.05, 4.69) is 37.7 Å². The Morgan fingerprint density at radius 2 is 1.82 bits per heavy atom. The predicted molar refractivity (Wildman–Crippen MR) is 132 cm³/mol. The van der Waals surface area contributed by atoms with Crippen molar-refractivity contribution in [3.63, 3.8) is 0 Å². The predicted octanol–water partition coefficient (Wildman–Crippen LogP) is 4.19. The van der Waals surface area contributed by atoms with Gasteiger partial charge in [0.2, 0.25) is 0 Å². The van der Waals surface area contributed by atoms with E-state index < -0.39 is 0 Å². The molecule has 0 atom stereocenters. The van der Waals surface area contributed by atoms with Gasteiger partial charge in [-0.05, 0) is 29.8 Å². The first-order valence-electron chi connectivity index (χ1n) is 11.1. The van der Waals surface area contributed by atoms with Crippen LogP contribution in [0, 0.1) is 0 Å². The van der Waals surface area contributed by atoms with Gasteiger partial charge in [-0.3, -0.25) is 4.98 Å². The molecule has 0 spiro atoms. The molecule has 33 heavy (non-hydrogen) atoms. The molecule has 0 bridgehead atoms. The molecule has 0 radical (unpaired) electrons. The number of rotatable bonds is 5. The van der Waals surface area contributed by atoms with E-state index in [-0.39, 0.29) is 0 Å². The van der Waals surface area contributed by atoms with Crippen LogP contribution in [0.15, 0.2) is 79.3 Å². The van der Waals surface area contributed by atoms with Gasteiger partial charge >= 0.3 is 0 Å². The fraction of sp³-hybridized carbons (Fsp3) is 0.154. The highest BCUT2D eigenvalue weighted by molar-refractivity contribution is 6.02. The smallest absolute Gasteiger partial charge is 0.162 e. The molecule has 0 unspecified atom stereocenters. The number of allylic oxidation sites excluding steroid dienone is 4. The fourth-order valence-electron chi connectivity index (χ4n) is 4.20. The van der Waals surface area contributed by atoms with Gasteiger partial charge in [-0.25, -0.2) is 15.0 Å². The van der Waals surface area contributed by atoms with Crippen molar-refractivity contribution in [3.8, 4) is 11.4 Å². The molecule has 4 aromatic rings. The molecule has 162 valence electrons. The summed E-state index contributed by atoms with van der Waals surface area (Å²) >= 11 is 0. The minimum Gasteiger partial charge on any atom is -0.353 e. The summed E-state index contributed by atoms with van der Waals surface area (Å²) in [6.45, 7) is 3.67. The van der Waals surface area contributed by atoms with E-state index in [4.69, 9.17) is 9.97 Å². The number of hydrogen-bond donors (Lipinski definition) is 2. The van der Waals surface area contributed by atoms with Crippen molar-refractivity contribution in [2.24, 2.45) is 0 Å². The van der Waals surface area contributed by atoms with Crippen LogP contribution in [-0.2, 0) is 0 Å². The number of nitrogens with one attached hydrogen (secondary N) is 2. The zero-order valence-electron chi connectivity index (χ0n) is 18.1. The van der Waals surface area contributed by atoms with Crippen LogP contribution in [-0.4, -0.2) is 46.1 Å². The van der Waals surface area contributed by atoms with Gasteiger partial charge in [0, 0.05) is 55.4 Å². The molecule has 3 aromatic heterocycles. The Bertz CT molecular complexity index is 1370. The third kappa shape index (κ3) is 3.83. The molecular weight excluding hydrogens is 410 g/mol. The minimum absolute atomic E-state index is 0.673. The average Bonchev–Trinajstić information content (AvgIpc) is 2.84. The summed E-state index contributed by atoms with van der Waals surface area (Å²) in [4.78, 5) is 21.3. The van der Waals surface area contributed by atoms with Gasteiger partial charge in [0.25, 0.3) is 0 Å². The standard InChI is InChI=1S/C26H23N7/c1-2-7-20(8-3-1)30-23-15-19(9-10-29-23)25-31-22-17-28-16-21(18-5-4-6-18)24(22)26(32-25)33-13-11-27-12-14-33/h1-10,15-17,27H,11-14H2,(H,29,30). The van der Waals surface area contributed by atoms with E-state index in [9.17, 15) is 0 Å². The van der Waals surface area contributed by atoms with Gasteiger partial charge in [0.15, 0.2) is 5.82 Å². The highest BCUT2D eigenvalue weighted by Crippen LogP contribution is 2.35. The second kappa shape index (κ2) is 8.44. The molecule has 0 saturated carbocycles. The molecule has 1 fully saturated rings. The van der Waals surface area contributed by atoms with Crippen molar-refractivity contribution in [1.82, 2.24) is 25.3 Å². The summed E-state index contributed by atoms with van der Waals surface area (Å²) in [6, 6.07) is 14.0. The molecule has 6 rings (SSSR count). The fourth-order valence-corrected chi connectivity index (χ4v) is 4.20. The van der Waals surface area contributed by atoms with Crippen LogP contribution in [0.1, 0.15) is 5.56 Å². The minimum atomic E-state index is 0.673. The molecule has 1 aliphatic carbocycles. The van der Waals surface area contributed by atoms with Crippen LogP contribution in [0.4, 0.5) is 17.3 Å². The van der Waals surface area contributed by atoms with Crippen LogP contribution in [0.25, 0.3) is 27.9 Å². The van der Waals surface area contributed by atoms with Gasteiger partial charge < -0.3 is 15.5 Å². The highest BCUT2D eigenvalue weighted by atomic mass is 15.2. The molecule has 1 aliphatic heterocycles. The van der Waals surface area contributed by atoms with Gasteiger partial charge in [0.05, 0.1) is 17.1 Å². The molecule has 1 aromatic carbocycles. The number of fused-ring (bicyclic) bond motifs is 1. The lowest BCUT2D eigenvalue weighted by Crippen LogP contribution is -2.44. The number of benzene rings is 1. The third-order valence-corrected chi connectivity index (χ3v) is 5.93. The van der Waals surface area contributed by atoms with Crippen LogP contribution < -0.4 is 15.5 Å². The first kappa shape index (κ1) is 19.6. The lowest BCUT2D eigenvalue weighted by molar-refractivity contribution is 0.586. The number of hydrogen-bond acceptors (Lipinski definition) is 7. The van der Waals surface area contributed by atoms with E-state index in [1.165, 1.54) is 5.57 Å². The number of aromatic nitrogens is 4. The normalized spacial score (nSPS) is 15.3. The number of para-hydroxylation sites is 1. The van der Waals surface area contributed by atoms with E-state index in [1.54, 1.807) is 6.20 Å². The molecule has 7 heteroatoms. The highest BCUT2D eigenvalue weighted by Gasteiger charge is 2.21. The lowest BCUT2D eigenvalue weighted by atomic mass is 9.97. The monoisotopic (exact) mass is 433 g/mol. The molecule has 2 N–H and O–H groups in total. The van der Waals surface area contributed by atoms with E-state index in [1.807, 2.05) is 60.9 Å². The lowest BCUT2D eigenvalue weighted by Gasteiger charge is -2.30. The van der Waals surface area contributed by atoms with Crippen LogP contribution in [0.2, 0.25) is 0 Å². The molecule has 4 heterocycles. The number of piperazine rings is 1. The zero-order chi connectivity index (χ0) is 22.0. The maximum absolute atomic E-state index is 5.10. The second-order valence-electron chi connectivity index (χ2n) is 8.09. The largest absolute Gasteiger partial charge is 0.353 e. The molecular formula is C26H23N7. The Hall–Kier alpha value is -4.10. The molecule has 0 amide bonds. The number of anilines is 3. The Labute approximate surface area is 191 Å². The first-order valence-corrected chi connectivity index (χ1v) is 11.1. The molecule has 1 saturated heterocycles. The number of pyridine rings is 2. The Balaban J connectivity index is 1.46. The number of nitrogens with zero attached hydrogens (tertiary/aromatic N) is 5. The van der Waals surface area contributed by atoms with Gasteiger partial charge in [0.1, 0.15) is 11.6 Å². The quantitative estimate of drug-likeness (QED) is 0.488. The zero-order valence-corrected chi connectivity index (χ0v) is 18.1. The molecule has 2 aliphatic rings.